The molecule has 1 heterocycles. The van der Waals surface area contributed by atoms with Gasteiger partial charge in [0.15, 0.2) is 11.1 Å². The van der Waals surface area contributed by atoms with E-state index < -0.39 is 11.1 Å². The fourth-order valence-corrected chi connectivity index (χ4v) is 2.27. The maximum Gasteiger partial charge on any atom is 0.253 e. The number of likely N-dealkylation sites (N-methyl/N-ethyl adjacent to an activating group) is 1. The van der Waals surface area contributed by atoms with Crippen LogP contribution in [0.5, 0.6) is 0 Å². The highest BCUT2D eigenvalue weighted by Crippen LogP contribution is 2.11. The largest absolute Gasteiger partial charge is 0.336 e. The minimum atomic E-state index is -1.99. The molecule has 0 aliphatic carbocycles. The molecular formula is C12H16N2O3S. The number of hydrogen-bond acceptors (Lipinski definition) is 3. The van der Waals surface area contributed by atoms with E-state index in [1.165, 1.54) is 12.1 Å². The topological polar surface area (TPSA) is 60.9 Å². The second kappa shape index (κ2) is 5.60. The molecule has 0 saturated carbocycles. The summed E-state index contributed by atoms with van der Waals surface area (Å²) in [5.41, 5.74) is 0.564. The Morgan fingerprint density at radius 2 is 1.72 bits per heavy atom. The fraction of sp³-hybridized carbons (Fsp3) is 0.417. The summed E-state index contributed by atoms with van der Waals surface area (Å²) < 4.78 is 19.7. The summed E-state index contributed by atoms with van der Waals surface area (Å²) in [6.45, 7) is 3.21. The molecule has 5 nitrogen and oxygen atoms in total. The van der Waals surface area contributed by atoms with Crippen LogP contribution >= 0.6 is 0 Å². The van der Waals surface area contributed by atoms with Gasteiger partial charge in [0.25, 0.3) is 5.91 Å². The van der Waals surface area contributed by atoms with Crippen LogP contribution in [0.4, 0.5) is 0 Å². The number of rotatable bonds is 2. The van der Waals surface area contributed by atoms with E-state index in [4.69, 9.17) is 4.55 Å². The number of nitrogens with zero attached hydrogens (tertiary/aromatic N) is 2. The molecular weight excluding hydrogens is 252 g/mol. The summed E-state index contributed by atoms with van der Waals surface area (Å²) in [4.78, 5) is 16.5. The van der Waals surface area contributed by atoms with Gasteiger partial charge in [0.2, 0.25) is 0 Å². The van der Waals surface area contributed by atoms with Crippen LogP contribution in [-0.4, -0.2) is 57.7 Å². The van der Waals surface area contributed by atoms with Crippen molar-refractivity contribution in [2.75, 3.05) is 33.2 Å². The van der Waals surface area contributed by atoms with E-state index in [1.807, 2.05) is 11.9 Å². The molecule has 1 aliphatic rings. The minimum absolute atomic E-state index is 0.0154. The van der Waals surface area contributed by atoms with Gasteiger partial charge in [-0.15, -0.1) is 0 Å². The van der Waals surface area contributed by atoms with Crippen LogP contribution in [0, 0.1) is 0 Å². The standard InChI is InChI=1S/C12H16N2O3S/c1-13-6-8-14(9-7-13)12(15)10-2-4-11(5-3-10)18(16)17/h2-5H,6-9H2,1H3,(H,16,17). The van der Waals surface area contributed by atoms with Gasteiger partial charge >= 0.3 is 0 Å². The van der Waals surface area contributed by atoms with Crippen molar-refractivity contribution in [3.63, 3.8) is 0 Å². The molecule has 1 aromatic carbocycles. The van der Waals surface area contributed by atoms with E-state index in [0.29, 0.717) is 10.5 Å². The van der Waals surface area contributed by atoms with Gasteiger partial charge in [-0.2, -0.15) is 0 Å². The van der Waals surface area contributed by atoms with Crippen LogP contribution in [0.25, 0.3) is 0 Å². The predicted octanol–water partition coefficient (Wildman–Crippen LogP) is 0.655. The Morgan fingerprint density at radius 3 is 2.22 bits per heavy atom. The lowest BCUT2D eigenvalue weighted by Crippen LogP contribution is -2.47. The number of carbonyl (C=O) groups excluding carboxylic acids is 1. The van der Waals surface area contributed by atoms with Crippen LogP contribution in [0.15, 0.2) is 29.2 Å². The quantitative estimate of drug-likeness (QED) is 0.800. The van der Waals surface area contributed by atoms with E-state index in [9.17, 15) is 9.00 Å². The van der Waals surface area contributed by atoms with Crippen LogP contribution in [0.3, 0.4) is 0 Å². The number of benzene rings is 1. The van der Waals surface area contributed by atoms with E-state index in [0.717, 1.165) is 26.2 Å². The molecule has 0 aromatic heterocycles. The molecule has 1 saturated heterocycles. The molecule has 98 valence electrons. The summed E-state index contributed by atoms with van der Waals surface area (Å²) >= 11 is -1.99. The summed E-state index contributed by atoms with van der Waals surface area (Å²) in [6, 6.07) is 6.23. The normalized spacial score (nSPS) is 18.7. The first-order chi connectivity index (χ1) is 8.58. The Kier molecular flexibility index (Phi) is 4.11. The molecule has 1 fully saturated rings. The molecule has 0 bridgehead atoms. The lowest BCUT2D eigenvalue weighted by atomic mass is 10.2. The summed E-state index contributed by atoms with van der Waals surface area (Å²) in [7, 11) is 2.03. The lowest BCUT2D eigenvalue weighted by Gasteiger charge is -2.32. The van der Waals surface area contributed by atoms with Gasteiger partial charge in [-0.1, -0.05) is 0 Å². The Balaban J connectivity index is 2.07. The lowest BCUT2D eigenvalue weighted by molar-refractivity contribution is 0.0664. The highest BCUT2D eigenvalue weighted by Gasteiger charge is 2.20. The molecule has 1 unspecified atom stereocenters. The van der Waals surface area contributed by atoms with Gasteiger partial charge in [0.1, 0.15) is 0 Å². The van der Waals surface area contributed by atoms with Crippen molar-refractivity contribution in [1.82, 2.24) is 9.80 Å². The molecule has 1 atom stereocenters. The number of hydrogen-bond donors (Lipinski definition) is 1. The SMILES string of the molecule is CN1CCN(C(=O)c2ccc(S(=O)O)cc2)CC1. The van der Waals surface area contributed by atoms with E-state index in [-0.39, 0.29) is 5.91 Å². The molecule has 2 rings (SSSR count). The van der Waals surface area contributed by atoms with Gasteiger partial charge in [-0.05, 0) is 31.3 Å². The van der Waals surface area contributed by atoms with Crippen LogP contribution in [0.2, 0.25) is 0 Å². The molecule has 1 N–H and O–H groups in total. The number of carbonyl (C=O) groups is 1. The van der Waals surface area contributed by atoms with E-state index in [2.05, 4.69) is 4.90 Å². The van der Waals surface area contributed by atoms with Gasteiger partial charge in [-0.3, -0.25) is 4.79 Å². The zero-order valence-electron chi connectivity index (χ0n) is 10.2. The molecule has 1 aliphatic heterocycles. The van der Waals surface area contributed by atoms with Gasteiger partial charge in [0.05, 0.1) is 4.90 Å². The average Bonchev–Trinajstić information content (AvgIpc) is 2.39. The highest BCUT2D eigenvalue weighted by atomic mass is 32.2. The third-order valence-electron chi connectivity index (χ3n) is 3.09. The van der Waals surface area contributed by atoms with E-state index in [1.54, 1.807) is 12.1 Å². The Hall–Kier alpha value is -1.24. The molecule has 1 aromatic rings. The Bertz CT molecular complexity index is 453. The molecule has 6 heteroatoms. The van der Waals surface area contributed by atoms with Crippen molar-refractivity contribution in [2.45, 2.75) is 4.90 Å². The van der Waals surface area contributed by atoms with Crippen molar-refractivity contribution in [2.24, 2.45) is 0 Å². The predicted molar refractivity (Wildman–Crippen MR) is 68.9 cm³/mol. The minimum Gasteiger partial charge on any atom is -0.336 e. The second-order valence-electron chi connectivity index (χ2n) is 4.37. The van der Waals surface area contributed by atoms with E-state index >= 15 is 0 Å². The maximum atomic E-state index is 12.2. The monoisotopic (exact) mass is 268 g/mol. The van der Waals surface area contributed by atoms with Crippen LogP contribution in [0.1, 0.15) is 10.4 Å². The summed E-state index contributed by atoms with van der Waals surface area (Å²) in [5.74, 6) is -0.0154. The first-order valence-electron chi connectivity index (χ1n) is 5.76. The first kappa shape index (κ1) is 13.2. The Morgan fingerprint density at radius 1 is 1.17 bits per heavy atom. The highest BCUT2D eigenvalue weighted by molar-refractivity contribution is 7.79. The molecule has 1 amide bonds. The van der Waals surface area contributed by atoms with Crippen molar-refractivity contribution in [1.29, 1.82) is 0 Å². The first-order valence-corrected chi connectivity index (χ1v) is 6.87. The zero-order chi connectivity index (χ0) is 13.1. The summed E-state index contributed by atoms with van der Waals surface area (Å²) in [5, 5.41) is 0. The van der Waals surface area contributed by atoms with Crippen LogP contribution < -0.4 is 0 Å². The number of amides is 1. The molecule has 0 radical (unpaired) electrons. The van der Waals surface area contributed by atoms with Crippen molar-refractivity contribution in [3.8, 4) is 0 Å². The number of piperazine rings is 1. The van der Waals surface area contributed by atoms with Crippen molar-refractivity contribution >= 4 is 17.0 Å². The smallest absolute Gasteiger partial charge is 0.253 e. The zero-order valence-corrected chi connectivity index (χ0v) is 11.0. The molecule has 0 spiro atoms. The van der Waals surface area contributed by atoms with Gasteiger partial charge in [0, 0.05) is 31.7 Å². The van der Waals surface area contributed by atoms with Gasteiger partial charge < -0.3 is 14.4 Å². The third kappa shape index (κ3) is 2.95. The van der Waals surface area contributed by atoms with Crippen LogP contribution in [-0.2, 0) is 11.1 Å². The average molecular weight is 268 g/mol. The molecule has 18 heavy (non-hydrogen) atoms. The second-order valence-corrected chi connectivity index (χ2v) is 5.34. The van der Waals surface area contributed by atoms with Crippen molar-refractivity contribution < 1.29 is 13.6 Å². The third-order valence-corrected chi connectivity index (χ3v) is 3.77. The summed E-state index contributed by atoms with van der Waals surface area (Å²) in [6.07, 6.45) is 0. The van der Waals surface area contributed by atoms with Crippen molar-refractivity contribution in [3.05, 3.63) is 29.8 Å². The maximum absolute atomic E-state index is 12.2. The van der Waals surface area contributed by atoms with Gasteiger partial charge in [-0.25, -0.2) is 4.21 Å². The Labute approximate surface area is 109 Å². The fourth-order valence-electron chi connectivity index (χ4n) is 1.91.